The van der Waals surface area contributed by atoms with Gasteiger partial charge in [-0.1, -0.05) is 41.4 Å². The van der Waals surface area contributed by atoms with Crippen molar-refractivity contribution in [2.45, 2.75) is 18.4 Å². The van der Waals surface area contributed by atoms with Gasteiger partial charge < -0.3 is 5.32 Å². The van der Waals surface area contributed by atoms with Gasteiger partial charge in [0.2, 0.25) is 15.9 Å². The van der Waals surface area contributed by atoms with Crippen LogP contribution in [0.15, 0.2) is 71.9 Å². The number of aryl methyl sites for hydroxylation is 1. The molecule has 0 saturated heterocycles. The van der Waals surface area contributed by atoms with Gasteiger partial charge in [-0.2, -0.15) is 4.31 Å². The average Bonchev–Trinajstić information content (AvgIpc) is 2.72. The van der Waals surface area contributed by atoms with Gasteiger partial charge in [0.15, 0.2) is 0 Å². The number of carbonyl (C=O) groups excluding carboxylic acids is 1. The molecule has 0 fully saturated rings. The van der Waals surface area contributed by atoms with Crippen LogP contribution in [0.4, 0.5) is 5.69 Å². The Morgan fingerprint density at radius 3 is 2.43 bits per heavy atom. The molecule has 156 valence electrons. The zero-order valence-electron chi connectivity index (χ0n) is 16.0. The predicted molar refractivity (Wildman–Crippen MR) is 118 cm³/mol. The molecular weight excluding hydrogens is 445 g/mol. The number of amides is 1. The van der Waals surface area contributed by atoms with Crippen molar-refractivity contribution in [1.82, 2.24) is 9.29 Å². The summed E-state index contributed by atoms with van der Waals surface area (Å²) in [6.07, 6.45) is 2.74. The van der Waals surface area contributed by atoms with Crippen molar-refractivity contribution >= 4 is 44.8 Å². The number of sulfonamides is 1. The van der Waals surface area contributed by atoms with Crippen molar-refractivity contribution in [3.8, 4) is 0 Å². The number of halogens is 2. The van der Waals surface area contributed by atoms with Crippen LogP contribution in [0.5, 0.6) is 0 Å². The highest BCUT2D eigenvalue weighted by Gasteiger charge is 2.27. The van der Waals surface area contributed by atoms with Crippen LogP contribution >= 0.6 is 23.2 Å². The molecular formula is C21H19Cl2N3O3S. The molecule has 3 rings (SSSR count). The van der Waals surface area contributed by atoms with Gasteiger partial charge in [0, 0.05) is 34.7 Å². The molecule has 0 bridgehead atoms. The van der Waals surface area contributed by atoms with Crippen molar-refractivity contribution in [1.29, 1.82) is 0 Å². The maximum atomic E-state index is 13.2. The summed E-state index contributed by atoms with van der Waals surface area (Å²) in [6, 6.07) is 14.8. The van der Waals surface area contributed by atoms with E-state index in [1.807, 2.05) is 6.92 Å². The third-order valence-corrected chi connectivity index (χ3v) is 6.60. The number of hydrogen-bond donors (Lipinski definition) is 1. The molecule has 0 saturated carbocycles. The van der Waals surface area contributed by atoms with Gasteiger partial charge in [-0.15, -0.1) is 0 Å². The lowest BCUT2D eigenvalue weighted by molar-refractivity contribution is -0.116. The topological polar surface area (TPSA) is 79.4 Å². The van der Waals surface area contributed by atoms with E-state index in [2.05, 4.69) is 10.3 Å². The lowest BCUT2D eigenvalue weighted by Crippen LogP contribution is -2.37. The fraction of sp³-hybridized carbons (Fsp3) is 0.143. The quantitative estimate of drug-likeness (QED) is 0.558. The predicted octanol–water partition coefficient (Wildman–Crippen LogP) is 4.53. The molecule has 0 aliphatic heterocycles. The number of nitrogens with one attached hydrogen (secondary N) is 1. The van der Waals surface area contributed by atoms with Gasteiger partial charge in [0.05, 0.1) is 6.54 Å². The van der Waals surface area contributed by atoms with Crippen molar-refractivity contribution in [3.63, 3.8) is 0 Å². The molecule has 0 unspecified atom stereocenters. The first-order valence-corrected chi connectivity index (χ1v) is 11.2. The summed E-state index contributed by atoms with van der Waals surface area (Å²) in [5, 5.41) is 3.74. The minimum absolute atomic E-state index is 0.00363. The van der Waals surface area contributed by atoms with Crippen LogP contribution in [0.1, 0.15) is 11.1 Å². The summed E-state index contributed by atoms with van der Waals surface area (Å²) in [6.45, 7) is 1.44. The maximum Gasteiger partial charge on any atom is 0.245 e. The van der Waals surface area contributed by atoms with E-state index < -0.39 is 15.9 Å². The fourth-order valence-corrected chi connectivity index (χ4v) is 4.39. The summed E-state index contributed by atoms with van der Waals surface area (Å²) in [5.74, 6) is -0.484. The normalized spacial score (nSPS) is 11.5. The monoisotopic (exact) mass is 463 g/mol. The zero-order chi connectivity index (χ0) is 21.7. The number of rotatable bonds is 7. The van der Waals surface area contributed by atoms with Crippen molar-refractivity contribution in [3.05, 3.63) is 88.2 Å². The minimum atomic E-state index is -3.96. The van der Waals surface area contributed by atoms with E-state index in [0.29, 0.717) is 21.3 Å². The molecule has 9 heteroatoms. The first kappa shape index (κ1) is 22.2. The molecule has 1 heterocycles. The van der Waals surface area contributed by atoms with Gasteiger partial charge in [0.1, 0.15) is 4.90 Å². The van der Waals surface area contributed by atoms with Crippen LogP contribution in [0, 0.1) is 6.92 Å². The molecule has 2 aromatic carbocycles. The van der Waals surface area contributed by atoms with Crippen molar-refractivity contribution in [2.75, 3.05) is 11.9 Å². The van der Waals surface area contributed by atoms with Crippen LogP contribution in [0.3, 0.4) is 0 Å². The molecule has 1 amide bonds. The van der Waals surface area contributed by atoms with Crippen LogP contribution in [0.25, 0.3) is 0 Å². The third kappa shape index (κ3) is 5.58. The van der Waals surface area contributed by atoms with E-state index in [1.54, 1.807) is 42.5 Å². The lowest BCUT2D eigenvalue weighted by Gasteiger charge is -2.22. The summed E-state index contributed by atoms with van der Waals surface area (Å²) < 4.78 is 27.4. The Balaban J connectivity index is 1.87. The number of aromatic nitrogens is 1. The molecule has 0 atom stereocenters. The second kappa shape index (κ2) is 9.57. The molecule has 0 aliphatic rings. The van der Waals surface area contributed by atoms with E-state index in [4.69, 9.17) is 23.2 Å². The van der Waals surface area contributed by atoms with E-state index >= 15 is 0 Å². The van der Waals surface area contributed by atoms with Gasteiger partial charge in [-0.25, -0.2) is 8.42 Å². The molecule has 30 heavy (non-hydrogen) atoms. The molecule has 1 N–H and O–H groups in total. The first-order chi connectivity index (χ1) is 14.3. The molecule has 0 aliphatic carbocycles. The number of nitrogens with zero attached hydrogens (tertiary/aromatic N) is 2. The standard InChI is InChI=1S/C21H19Cl2N3O3S/c1-15-4-7-18(23)11-20(15)25-21(27)14-26(13-16-5-8-17(22)9-6-16)30(28,29)19-3-2-10-24-12-19/h2-12H,13-14H2,1H3,(H,25,27). The van der Waals surface area contributed by atoms with Gasteiger partial charge in [-0.05, 0) is 54.4 Å². The number of benzene rings is 2. The smallest absolute Gasteiger partial charge is 0.245 e. The zero-order valence-corrected chi connectivity index (χ0v) is 18.4. The summed E-state index contributed by atoms with van der Waals surface area (Å²) in [4.78, 5) is 16.6. The van der Waals surface area contributed by atoms with E-state index in [9.17, 15) is 13.2 Å². The molecule has 3 aromatic rings. The fourth-order valence-electron chi connectivity index (χ4n) is 2.75. The van der Waals surface area contributed by atoms with Crippen molar-refractivity contribution < 1.29 is 13.2 Å². The Bertz CT molecular complexity index is 1140. The number of anilines is 1. The Kier molecular flexibility index (Phi) is 7.10. The van der Waals surface area contributed by atoms with E-state index in [0.717, 1.165) is 9.87 Å². The number of hydrogen-bond acceptors (Lipinski definition) is 4. The highest BCUT2D eigenvalue weighted by atomic mass is 35.5. The Hall–Kier alpha value is -2.45. The molecule has 0 spiro atoms. The molecule has 1 aromatic heterocycles. The second-order valence-corrected chi connectivity index (χ2v) is 9.41. The highest BCUT2D eigenvalue weighted by molar-refractivity contribution is 7.89. The summed E-state index contributed by atoms with van der Waals surface area (Å²) >= 11 is 11.9. The number of pyridine rings is 1. The first-order valence-electron chi connectivity index (χ1n) is 8.96. The number of carbonyl (C=O) groups is 1. The largest absolute Gasteiger partial charge is 0.325 e. The maximum absolute atomic E-state index is 13.2. The Labute approximate surface area is 185 Å². The van der Waals surface area contributed by atoms with Gasteiger partial charge >= 0.3 is 0 Å². The van der Waals surface area contributed by atoms with Crippen LogP contribution in [-0.2, 0) is 21.4 Å². The Morgan fingerprint density at radius 2 is 1.77 bits per heavy atom. The summed E-state index contributed by atoms with van der Waals surface area (Å²) in [7, 11) is -3.96. The SMILES string of the molecule is Cc1ccc(Cl)cc1NC(=O)CN(Cc1ccc(Cl)cc1)S(=O)(=O)c1cccnc1. The summed E-state index contributed by atoms with van der Waals surface area (Å²) in [5.41, 5.74) is 2.03. The van der Waals surface area contributed by atoms with Crippen LogP contribution in [-0.4, -0.2) is 30.2 Å². The van der Waals surface area contributed by atoms with E-state index in [-0.39, 0.29) is 18.0 Å². The van der Waals surface area contributed by atoms with Crippen molar-refractivity contribution in [2.24, 2.45) is 0 Å². The highest BCUT2D eigenvalue weighted by Crippen LogP contribution is 2.22. The van der Waals surface area contributed by atoms with Gasteiger partial charge in [-0.3, -0.25) is 9.78 Å². The molecule has 6 nitrogen and oxygen atoms in total. The average molecular weight is 464 g/mol. The molecule has 0 radical (unpaired) electrons. The minimum Gasteiger partial charge on any atom is -0.325 e. The third-order valence-electron chi connectivity index (χ3n) is 4.34. The van der Waals surface area contributed by atoms with E-state index in [1.165, 1.54) is 24.5 Å². The van der Waals surface area contributed by atoms with Gasteiger partial charge in [0.25, 0.3) is 0 Å². The second-order valence-electron chi connectivity index (χ2n) is 6.60. The lowest BCUT2D eigenvalue weighted by atomic mass is 10.2. The Morgan fingerprint density at radius 1 is 1.07 bits per heavy atom. The van der Waals surface area contributed by atoms with Crippen LogP contribution in [0.2, 0.25) is 10.0 Å². The van der Waals surface area contributed by atoms with Crippen LogP contribution < -0.4 is 5.32 Å².